The molecule has 1 aliphatic rings. The summed E-state index contributed by atoms with van der Waals surface area (Å²) in [5, 5.41) is 8.58. The van der Waals surface area contributed by atoms with Crippen molar-refractivity contribution >= 4 is 11.9 Å². The fraction of sp³-hybridized carbons (Fsp3) is 0.739. The second-order valence-corrected chi connectivity index (χ2v) is 7.63. The van der Waals surface area contributed by atoms with Gasteiger partial charge in [-0.25, -0.2) is 0 Å². The van der Waals surface area contributed by atoms with E-state index in [1.165, 1.54) is 0 Å². The summed E-state index contributed by atoms with van der Waals surface area (Å²) in [6.45, 7) is 5.09. The number of ether oxygens (including phenoxy) is 2. The van der Waals surface area contributed by atoms with Gasteiger partial charge in [-0.15, -0.1) is 6.58 Å². The summed E-state index contributed by atoms with van der Waals surface area (Å²) in [6, 6.07) is 0. The zero-order valence-corrected chi connectivity index (χ0v) is 17.3. The van der Waals surface area contributed by atoms with Gasteiger partial charge in [-0.3, -0.25) is 9.59 Å². The summed E-state index contributed by atoms with van der Waals surface area (Å²) in [5.74, 6) is -0.263. The number of hydrogen-bond donors (Lipinski definition) is 1. The lowest BCUT2D eigenvalue weighted by atomic mass is 9.96. The maximum atomic E-state index is 11.5. The van der Waals surface area contributed by atoms with Gasteiger partial charge in [0, 0.05) is 12.8 Å². The molecule has 1 rings (SSSR count). The first-order valence-electron chi connectivity index (χ1n) is 10.9. The fourth-order valence-corrected chi connectivity index (χ4v) is 3.09. The number of carbonyl (C=O) groups excluding carboxylic acids is 1. The molecule has 1 fully saturated rings. The Bertz CT molecular complexity index is 468. The molecule has 0 aromatic rings. The number of carboxylic acid groups (broad SMARTS) is 1. The van der Waals surface area contributed by atoms with Crippen molar-refractivity contribution in [2.75, 3.05) is 13.2 Å². The first-order chi connectivity index (χ1) is 13.6. The molecular weight excluding hydrogens is 356 g/mol. The van der Waals surface area contributed by atoms with Gasteiger partial charge < -0.3 is 14.6 Å². The van der Waals surface area contributed by atoms with E-state index in [9.17, 15) is 9.59 Å². The highest BCUT2D eigenvalue weighted by atomic mass is 16.6. The third-order valence-corrected chi connectivity index (χ3v) is 5.00. The lowest BCUT2D eigenvalue weighted by Gasteiger charge is -2.10. The molecule has 5 nitrogen and oxygen atoms in total. The highest BCUT2D eigenvalue weighted by Crippen LogP contribution is 2.18. The van der Waals surface area contributed by atoms with E-state index in [4.69, 9.17) is 14.6 Å². The van der Waals surface area contributed by atoms with E-state index in [-0.39, 0.29) is 12.1 Å². The van der Waals surface area contributed by atoms with Crippen LogP contribution in [0.3, 0.4) is 0 Å². The Morgan fingerprint density at radius 1 is 1.00 bits per heavy atom. The predicted molar refractivity (Wildman–Crippen MR) is 111 cm³/mol. The van der Waals surface area contributed by atoms with Gasteiger partial charge in [0.1, 0.15) is 12.7 Å². The zero-order chi connectivity index (χ0) is 20.5. The quantitative estimate of drug-likeness (QED) is 0.137. The molecule has 0 aliphatic carbocycles. The van der Waals surface area contributed by atoms with Crippen LogP contribution in [0.15, 0.2) is 24.8 Å². The van der Waals surface area contributed by atoms with Crippen molar-refractivity contribution in [2.24, 2.45) is 5.92 Å². The van der Waals surface area contributed by atoms with Crippen LogP contribution in [-0.2, 0) is 19.1 Å². The van der Waals surface area contributed by atoms with E-state index in [1.54, 1.807) is 0 Å². The van der Waals surface area contributed by atoms with Gasteiger partial charge in [0.15, 0.2) is 0 Å². The first kappa shape index (κ1) is 24.4. The fourth-order valence-electron chi connectivity index (χ4n) is 3.09. The van der Waals surface area contributed by atoms with E-state index in [1.807, 2.05) is 0 Å². The molecular formula is C23H38O5. The monoisotopic (exact) mass is 394 g/mol. The van der Waals surface area contributed by atoms with E-state index < -0.39 is 5.97 Å². The number of esters is 1. The molecule has 1 heterocycles. The third-order valence-electron chi connectivity index (χ3n) is 5.00. The van der Waals surface area contributed by atoms with Crippen molar-refractivity contribution in [3.05, 3.63) is 24.8 Å². The number of aliphatic carboxylic acids is 1. The van der Waals surface area contributed by atoms with E-state index in [0.717, 1.165) is 77.2 Å². The Hall–Kier alpha value is -1.62. The summed E-state index contributed by atoms with van der Waals surface area (Å²) in [5.41, 5.74) is 0. The first-order valence-corrected chi connectivity index (χ1v) is 10.9. The van der Waals surface area contributed by atoms with Crippen LogP contribution in [0.4, 0.5) is 0 Å². The molecule has 2 atom stereocenters. The van der Waals surface area contributed by atoms with Gasteiger partial charge in [-0.05, 0) is 50.9 Å². The zero-order valence-electron chi connectivity index (χ0n) is 17.3. The van der Waals surface area contributed by atoms with Crippen LogP contribution in [0.5, 0.6) is 0 Å². The van der Waals surface area contributed by atoms with Gasteiger partial charge in [-0.2, -0.15) is 0 Å². The molecule has 0 aromatic carbocycles. The number of carbonyl (C=O) groups is 2. The van der Waals surface area contributed by atoms with Crippen LogP contribution in [-0.4, -0.2) is 36.4 Å². The van der Waals surface area contributed by atoms with Gasteiger partial charge in [0.05, 0.1) is 6.61 Å². The minimum absolute atomic E-state index is 0.109. The molecule has 0 radical (unpaired) electrons. The van der Waals surface area contributed by atoms with E-state index in [0.29, 0.717) is 25.4 Å². The Morgan fingerprint density at radius 2 is 1.68 bits per heavy atom. The predicted octanol–water partition coefficient (Wildman–Crippen LogP) is 5.44. The molecule has 1 saturated heterocycles. The Morgan fingerprint density at radius 3 is 2.39 bits per heavy atom. The Balaban J connectivity index is 1.90. The molecule has 1 N–H and O–H groups in total. The Labute approximate surface area is 170 Å². The average molecular weight is 395 g/mol. The summed E-state index contributed by atoms with van der Waals surface area (Å²) in [7, 11) is 0. The lowest BCUT2D eigenvalue weighted by Crippen LogP contribution is -2.09. The number of carboxylic acids is 1. The van der Waals surface area contributed by atoms with Gasteiger partial charge >= 0.3 is 11.9 Å². The number of epoxide rings is 1. The minimum Gasteiger partial charge on any atom is -0.481 e. The lowest BCUT2D eigenvalue weighted by molar-refractivity contribution is -0.144. The highest BCUT2D eigenvalue weighted by Gasteiger charge is 2.23. The van der Waals surface area contributed by atoms with Crippen molar-refractivity contribution < 1.29 is 24.2 Å². The molecule has 0 aromatic heterocycles. The van der Waals surface area contributed by atoms with Crippen LogP contribution in [0.2, 0.25) is 0 Å². The molecule has 1 aliphatic heterocycles. The van der Waals surface area contributed by atoms with Crippen molar-refractivity contribution in [3.8, 4) is 0 Å². The molecule has 0 saturated carbocycles. The van der Waals surface area contributed by atoms with E-state index in [2.05, 4.69) is 24.8 Å². The molecule has 0 bridgehead atoms. The number of rotatable bonds is 19. The number of unbranched alkanes of at least 4 members (excludes halogenated alkanes) is 6. The molecule has 0 amide bonds. The largest absolute Gasteiger partial charge is 0.481 e. The van der Waals surface area contributed by atoms with Crippen LogP contribution >= 0.6 is 0 Å². The molecule has 2 unspecified atom stereocenters. The van der Waals surface area contributed by atoms with Crippen LogP contribution in [0.25, 0.3) is 0 Å². The van der Waals surface area contributed by atoms with E-state index >= 15 is 0 Å². The molecule has 5 heteroatoms. The highest BCUT2D eigenvalue weighted by molar-refractivity contribution is 5.69. The van der Waals surface area contributed by atoms with Crippen LogP contribution < -0.4 is 0 Å². The maximum Gasteiger partial charge on any atom is 0.305 e. The summed E-state index contributed by atoms with van der Waals surface area (Å²) < 4.78 is 10.1. The van der Waals surface area contributed by atoms with Crippen molar-refractivity contribution in [2.45, 2.75) is 89.6 Å². The molecule has 28 heavy (non-hydrogen) atoms. The van der Waals surface area contributed by atoms with Crippen molar-refractivity contribution in [3.63, 3.8) is 0 Å². The smallest absolute Gasteiger partial charge is 0.305 e. The SMILES string of the molecule is C=CC(CCC=CCCCCCCC(=O)O)CCCCCC(=O)OCC1CO1. The summed E-state index contributed by atoms with van der Waals surface area (Å²) >= 11 is 0. The van der Waals surface area contributed by atoms with Crippen LogP contribution in [0, 0.1) is 5.92 Å². The third kappa shape index (κ3) is 15.4. The summed E-state index contributed by atoms with van der Waals surface area (Å²) in [4.78, 5) is 21.9. The number of allylic oxidation sites excluding steroid dienone is 3. The van der Waals surface area contributed by atoms with Gasteiger partial charge in [-0.1, -0.05) is 43.9 Å². The number of hydrogen-bond acceptors (Lipinski definition) is 4. The molecule has 0 spiro atoms. The topological polar surface area (TPSA) is 76.1 Å². The summed E-state index contributed by atoms with van der Waals surface area (Å²) in [6.07, 6.45) is 19.0. The van der Waals surface area contributed by atoms with Gasteiger partial charge in [0.25, 0.3) is 0 Å². The minimum atomic E-state index is -0.696. The van der Waals surface area contributed by atoms with Crippen molar-refractivity contribution in [1.29, 1.82) is 0 Å². The maximum absolute atomic E-state index is 11.5. The van der Waals surface area contributed by atoms with Crippen molar-refractivity contribution in [1.82, 2.24) is 0 Å². The van der Waals surface area contributed by atoms with Gasteiger partial charge in [0.2, 0.25) is 0 Å². The molecule has 160 valence electrons. The Kier molecular flexibility index (Phi) is 14.3. The van der Waals surface area contributed by atoms with Crippen LogP contribution in [0.1, 0.15) is 83.5 Å². The average Bonchev–Trinajstić information content (AvgIpc) is 3.50. The second-order valence-electron chi connectivity index (χ2n) is 7.63. The normalized spacial score (nSPS) is 16.8. The standard InChI is InChI=1S/C23H38O5/c1-2-20(14-10-7-5-3-4-6-8-12-16-22(24)25)15-11-9-13-17-23(26)28-19-21-18-27-21/h2,5,7,20-21H,1,3-4,6,8-19H2,(H,24,25). The second kappa shape index (κ2) is 16.3.